The summed E-state index contributed by atoms with van der Waals surface area (Å²) in [5.41, 5.74) is 0.762. The van der Waals surface area contributed by atoms with E-state index in [2.05, 4.69) is 22.1 Å². The van der Waals surface area contributed by atoms with Crippen molar-refractivity contribution in [3.63, 3.8) is 0 Å². The van der Waals surface area contributed by atoms with Gasteiger partial charge in [0.2, 0.25) is 11.8 Å². The average molecular weight is 420 g/mol. The molecule has 1 saturated heterocycles. The van der Waals surface area contributed by atoms with Crippen LogP contribution < -0.4 is 5.32 Å². The molecule has 8 heteroatoms. The van der Waals surface area contributed by atoms with Crippen LogP contribution in [-0.4, -0.2) is 41.5 Å². The molecule has 1 N–H and O–H groups in total. The number of aryl methyl sites for hydroxylation is 1. The van der Waals surface area contributed by atoms with Crippen molar-refractivity contribution in [2.75, 3.05) is 19.6 Å². The van der Waals surface area contributed by atoms with Gasteiger partial charge in [-0.3, -0.25) is 4.79 Å². The topological polar surface area (TPSA) is 58.4 Å². The van der Waals surface area contributed by atoms with Crippen molar-refractivity contribution >= 4 is 42.1 Å². The third-order valence-electron chi connectivity index (χ3n) is 4.48. The number of hydrogen-bond donors (Lipinski definition) is 1. The third kappa shape index (κ3) is 5.46. The van der Waals surface area contributed by atoms with Crippen LogP contribution in [0.25, 0.3) is 10.8 Å². The number of aromatic nitrogens is 1. The second-order valence-corrected chi connectivity index (χ2v) is 7.19. The van der Waals surface area contributed by atoms with E-state index in [1.54, 1.807) is 11.3 Å². The molecule has 0 aromatic carbocycles. The lowest BCUT2D eigenvalue weighted by atomic mass is 10.0. The van der Waals surface area contributed by atoms with Crippen molar-refractivity contribution in [1.29, 1.82) is 0 Å². The minimum Gasteiger partial charge on any atom is -0.440 e. The number of rotatable bonds is 6. The first-order valence-electron chi connectivity index (χ1n) is 8.69. The maximum absolute atomic E-state index is 12.9. The minimum absolute atomic E-state index is 0. The maximum atomic E-state index is 12.9. The summed E-state index contributed by atoms with van der Waals surface area (Å²) in [6.45, 7) is 6.81. The van der Waals surface area contributed by atoms with Crippen molar-refractivity contribution in [3.05, 3.63) is 29.0 Å². The Labute approximate surface area is 171 Å². The summed E-state index contributed by atoms with van der Waals surface area (Å²) in [7, 11) is 0. The largest absolute Gasteiger partial charge is 0.440 e. The highest BCUT2D eigenvalue weighted by Crippen LogP contribution is 2.26. The van der Waals surface area contributed by atoms with Gasteiger partial charge in [-0.1, -0.05) is 13.0 Å². The number of nitrogens with one attached hydrogen (secondary N) is 1. The number of nitrogens with zero attached hydrogens (tertiary/aromatic N) is 2. The van der Waals surface area contributed by atoms with Crippen molar-refractivity contribution in [1.82, 2.24) is 15.2 Å². The third-order valence-corrected chi connectivity index (χ3v) is 5.34. The monoisotopic (exact) mass is 419 g/mol. The highest BCUT2D eigenvalue weighted by atomic mass is 35.5. The molecule has 26 heavy (non-hydrogen) atoms. The molecule has 1 amide bonds. The molecule has 0 atom stereocenters. The Bertz CT molecular complexity index is 670. The van der Waals surface area contributed by atoms with Crippen molar-refractivity contribution in [2.45, 2.75) is 45.6 Å². The molecule has 0 saturated carbocycles. The van der Waals surface area contributed by atoms with Crippen LogP contribution in [0.4, 0.5) is 0 Å². The van der Waals surface area contributed by atoms with Crippen LogP contribution in [0.3, 0.4) is 0 Å². The van der Waals surface area contributed by atoms with Gasteiger partial charge in [0.1, 0.15) is 5.76 Å². The van der Waals surface area contributed by atoms with Crippen LogP contribution in [0, 0.1) is 6.92 Å². The highest BCUT2D eigenvalue weighted by molar-refractivity contribution is 7.13. The summed E-state index contributed by atoms with van der Waals surface area (Å²) < 4.78 is 5.76. The number of hydrogen-bond acceptors (Lipinski definition) is 5. The van der Waals surface area contributed by atoms with Gasteiger partial charge in [-0.25, -0.2) is 4.98 Å². The normalized spacial score (nSPS) is 14.4. The van der Waals surface area contributed by atoms with E-state index in [0.717, 1.165) is 55.2 Å². The second kappa shape index (κ2) is 10.9. The van der Waals surface area contributed by atoms with E-state index in [4.69, 9.17) is 4.42 Å². The van der Waals surface area contributed by atoms with Gasteiger partial charge in [0, 0.05) is 12.6 Å². The lowest BCUT2D eigenvalue weighted by Crippen LogP contribution is -2.47. The fourth-order valence-electron chi connectivity index (χ4n) is 3.21. The number of oxazole rings is 1. The quantitative estimate of drug-likeness (QED) is 0.765. The van der Waals surface area contributed by atoms with Crippen LogP contribution in [0.2, 0.25) is 0 Å². The molecule has 1 aliphatic heterocycles. The number of amides is 1. The lowest BCUT2D eigenvalue weighted by molar-refractivity contribution is -0.133. The van der Waals surface area contributed by atoms with Gasteiger partial charge in [-0.15, -0.1) is 36.2 Å². The minimum atomic E-state index is 0. The second-order valence-electron chi connectivity index (χ2n) is 6.24. The Morgan fingerprint density at radius 3 is 2.73 bits per heavy atom. The predicted octanol–water partition coefficient (Wildman–Crippen LogP) is 4.09. The number of thiophene rings is 1. The summed E-state index contributed by atoms with van der Waals surface area (Å²) in [5.74, 6) is 1.53. The van der Waals surface area contributed by atoms with Gasteiger partial charge >= 0.3 is 0 Å². The summed E-state index contributed by atoms with van der Waals surface area (Å²) >= 11 is 1.60. The summed E-state index contributed by atoms with van der Waals surface area (Å²) in [6, 6.07) is 4.31. The molecular formula is C18H27Cl2N3O2S. The van der Waals surface area contributed by atoms with Crippen LogP contribution in [-0.2, 0) is 11.2 Å². The van der Waals surface area contributed by atoms with Gasteiger partial charge in [0.15, 0.2) is 0 Å². The highest BCUT2D eigenvalue weighted by Gasteiger charge is 2.26. The first-order valence-corrected chi connectivity index (χ1v) is 9.57. The van der Waals surface area contributed by atoms with E-state index in [1.165, 1.54) is 0 Å². The molecule has 1 aliphatic rings. The van der Waals surface area contributed by atoms with E-state index in [0.29, 0.717) is 18.4 Å². The van der Waals surface area contributed by atoms with Gasteiger partial charge < -0.3 is 14.6 Å². The average Bonchev–Trinajstić information content (AvgIpc) is 3.24. The molecular weight excluding hydrogens is 393 g/mol. The lowest BCUT2D eigenvalue weighted by Gasteiger charge is -2.34. The Balaban J connectivity index is 0.00000169. The molecule has 0 unspecified atom stereocenters. The number of halogens is 2. The molecule has 2 aromatic heterocycles. The van der Waals surface area contributed by atoms with E-state index in [9.17, 15) is 4.79 Å². The molecule has 5 nitrogen and oxygen atoms in total. The van der Waals surface area contributed by atoms with Gasteiger partial charge in [-0.05, 0) is 50.7 Å². The molecule has 0 spiro atoms. The standard InChI is InChI=1S/C18H25N3O2S.2ClH/c1-3-10-21(14-6-8-19-9-7-14)17(22)12-15-13(2)23-18(20-15)16-5-4-11-24-16;;/h4-5,11,14,19H,3,6-10,12H2,1-2H3;2*1H. The Kier molecular flexibility index (Phi) is 9.64. The zero-order valence-electron chi connectivity index (χ0n) is 15.2. The van der Waals surface area contributed by atoms with Crippen molar-refractivity contribution < 1.29 is 9.21 Å². The van der Waals surface area contributed by atoms with Gasteiger partial charge in [-0.2, -0.15) is 0 Å². The summed E-state index contributed by atoms with van der Waals surface area (Å²) in [4.78, 5) is 20.5. The SMILES string of the molecule is CCCN(C(=O)Cc1nc(-c2cccs2)oc1C)C1CCNCC1.Cl.Cl. The maximum Gasteiger partial charge on any atom is 0.236 e. The molecule has 2 aromatic rings. The van der Waals surface area contributed by atoms with E-state index in [1.807, 2.05) is 24.4 Å². The molecule has 0 bridgehead atoms. The number of carbonyl (C=O) groups excluding carboxylic acids is 1. The van der Waals surface area contributed by atoms with Gasteiger partial charge in [0.05, 0.1) is 17.0 Å². The summed E-state index contributed by atoms with van der Waals surface area (Å²) in [5, 5.41) is 5.36. The number of carbonyl (C=O) groups is 1. The van der Waals surface area contributed by atoms with Crippen molar-refractivity contribution in [3.8, 4) is 10.8 Å². The molecule has 0 aliphatic carbocycles. The fourth-order valence-corrected chi connectivity index (χ4v) is 3.86. The van der Waals surface area contributed by atoms with E-state index < -0.39 is 0 Å². The Morgan fingerprint density at radius 2 is 2.12 bits per heavy atom. The molecule has 3 heterocycles. The van der Waals surface area contributed by atoms with Crippen LogP contribution in [0.15, 0.2) is 21.9 Å². The van der Waals surface area contributed by atoms with Crippen molar-refractivity contribution in [2.24, 2.45) is 0 Å². The Morgan fingerprint density at radius 1 is 1.38 bits per heavy atom. The van der Waals surface area contributed by atoms with Crippen LogP contribution in [0.5, 0.6) is 0 Å². The molecule has 3 rings (SSSR count). The molecule has 1 fully saturated rings. The smallest absolute Gasteiger partial charge is 0.236 e. The zero-order valence-corrected chi connectivity index (χ0v) is 17.6. The molecule has 146 valence electrons. The fraction of sp³-hybridized carbons (Fsp3) is 0.556. The van der Waals surface area contributed by atoms with Crippen LogP contribution in [0.1, 0.15) is 37.6 Å². The molecule has 0 radical (unpaired) electrons. The zero-order chi connectivity index (χ0) is 16.9. The van der Waals surface area contributed by atoms with Crippen LogP contribution >= 0.6 is 36.2 Å². The predicted molar refractivity (Wildman–Crippen MR) is 111 cm³/mol. The van der Waals surface area contributed by atoms with E-state index >= 15 is 0 Å². The number of piperidine rings is 1. The summed E-state index contributed by atoms with van der Waals surface area (Å²) in [6.07, 6.45) is 3.37. The first kappa shape index (κ1) is 23.0. The Hall–Kier alpha value is -1.08. The first-order chi connectivity index (χ1) is 11.7. The van der Waals surface area contributed by atoms with E-state index in [-0.39, 0.29) is 30.7 Å². The van der Waals surface area contributed by atoms with Gasteiger partial charge in [0.25, 0.3) is 0 Å².